The van der Waals surface area contributed by atoms with Gasteiger partial charge in [0.15, 0.2) is 0 Å². The number of fused-ring (bicyclic) bond motifs is 1. The van der Waals surface area contributed by atoms with Gasteiger partial charge in [0.2, 0.25) is 0 Å². The van der Waals surface area contributed by atoms with Gasteiger partial charge >= 0.3 is 6.03 Å². The summed E-state index contributed by atoms with van der Waals surface area (Å²) in [6.07, 6.45) is 2.94. The number of aryl methyl sites for hydroxylation is 2. The third kappa shape index (κ3) is 5.91. The van der Waals surface area contributed by atoms with Gasteiger partial charge in [-0.15, -0.1) is 0 Å². The van der Waals surface area contributed by atoms with E-state index >= 15 is 0 Å². The maximum atomic E-state index is 13.9. The minimum absolute atomic E-state index is 0.127. The number of carbonyl (C=O) groups is 1. The Morgan fingerprint density at radius 3 is 2.46 bits per heavy atom. The molecule has 2 amide bonds. The number of hydrogen-bond donors (Lipinski definition) is 1. The molecular formula is C31H36N4O2. The Morgan fingerprint density at radius 1 is 1.00 bits per heavy atom. The molecule has 1 atom stereocenters. The van der Waals surface area contributed by atoms with E-state index in [0.717, 1.165) is 41.6 Å². The summed E-state index contributed by atoms with van der Waals surface area (Å²) < 4.78 is 1.69. The van der Waals surface area contributed by atoms with Crippen molar-refractivity contribution in [1.82, 2.24) is 19.8 Å². The van der Waals surface area contributed by atoms with Crippen LogP contribution >= 0.6 is 0 Å². The number of rotatable bonds is 9. The highest BCUT2D eigenvalue weighted by Crippen LogP contribution is 2.25. The first-order chi connectivity index (χ1) is 17.9. The molecular weight excluding hydrogens is 460 g/mol. The number of urea groups is 1. The molecule has 6 nitrogen and oxygen atoms in total. The van der Waals surface area contributed by atoms with E-state index < -0.39 is 6.04 Å². The monoisotopic (exact) mass is 496 g/mol. The topological polar surface area (TPSA) is 67.2 Å². The van der Waals surface area contributed by atoms with Crippen LogP contribution in [0.25, 0.3) is 16.6 Å². The van der Waals surface area contributed by atoms with E-state index in [1.54, 1.807) is 4.57 Å². The minimum Gasteiger partial charge on any atom is -0.334 e. The molecule has 1 heterocycles. The standard InChI is InChI=1S/C31H36N4O2/c1-5-6-12-19-34(31(37)32-21-25-13-8-7-9-14-25)24(4)29-33-27-16-11-10-15-26(27)30(36)35(29)28-18-17-22(2)20-23(28)3/h7-11,13-18,20,24H,5-6,12,19,21H2,1-4H3,(H,32,37). The number of carbonyl (C=O) groups excluding carboxylic acids is 1. The number of nitrogens with one attached hydrogen (secondary N) is 1. The molecule has 0 saturated carbocycles. The molecule has 4 aromatic rings. The largest absolute Gasteiger partial charge is 0.334 e. The molecule has 1 unspecified atom stereocenters. The van der Waals surface area contributed by atoms with Crippen molar-refractivity contribution in [3.63, 3.8) is 0 Å². The van der Waals surface area contributed by atoms with Crippen molar-refractivity contribution >= 4 is 16.9 Å². The summed E-state index contributed by atoms with van der Waals surface area (Å²) in [6.45, 7) is 9.16. The average molecular weight is 497 g/mol. The Hall–Kier alpha value is -3.93. The zero-order valence-electron chi connectivity index (χ0n) is 22.2. The second-order valence-electron chi connectivity index (χ2n) is 9.64. The highest BCUT2D eigenvalue weighted by molar-refractivity contribution is 5.78. The lowest BCUT2D eigenvalue weighted by Gasteiger charge is -2.31. The summed E-state index contributed by atoms with van der Waals surface area (Å²) in [5, 5.41) is 3.64. The Labute approximate surface area is 219 Å². The molecule has 6 heteroatoms. The number of para-hydroxylation sites is 1. The van der Waals surface area contributed by atoms with Crippen LogP contribution < -0.4 is 10.9 Å². The van der Waals surface area contributed by atoms with Gasteiger partial charge in [0.05, 0.1) is 22.6 Å². The summed E-state index contributed by atoms with van der Waals surface area (Å²) >= 11 is 0. The van der Waals surface area contributed by atoms with Crippen LogP contribution in [0.5, 0.6) is 0 Å². The lowest BCUT2D eigenvalue weighted by molar-refractivity contribution is 0.173. The lowest BCUT2D eigenvalue weighted by Crippen LogP contribution is -2.43. The van der Waals surface area contributed by atoms with Gasteiger partial charge in [-0.1, -0.05) is 79.9 Å². The molecule has 4 rings (SSSR count). The van der Waals surface area contributed by atoms with Gasteiger partial charge in [0, 0.05) is 13.1 Å². The summed E-state index contributed by atoms with van der Waals surface area (Å²) in [4.78, 5) is 34.2. The normalized spacial score (nSPS) is 11.9. The first-order valence-corrected chi connectivity index (χ1v) is 13.1. The first-order valence-electron chi connectivity index (χ1n) is 13.1. The van der Waals surface area contributed by atoms with Crippen LogP contribution in [-0.4, -0.2) is 27.0 Å². The summed E-state index contributed by atoms with van der Waals surface area (Å²) in [5.74, 6) is 0.557. The fourth-order valence-electron chi connectivity index (χ4n) is 4.74. The number of nitrogens with zero attached hydrogens (tertiary/aromatic N) is 3. The Balaban J connectivity index is 1.79. The highest BCUT2D eigenvalue weighted by Gasteiger charge is 2.27. The highest BCUT2D eigenvalue weighted by atomic mass is 16.2. The second-order valence-corrected chi connectivity index (χ2v) is 9.64. The minimum atomic E-state index is -0.425. The van der Waals surface area contributed by atoms with Gasteiger partial charge in [-0.25, -0.2) is 9.78 Å². The molecule has 37 heavy (non-hydrogen) atoms. The van der Waals surface area contributed by atoms with Crippen molar-refractivity contribution < 1.29 is 4.79 Å². The SMILES string of the molecule is CCCCCN(C(=O)NCc1ccccc1)C(C)c1nc2ccccc2c(=O)n1-c1ccc(C)cc1C. The van der Waals surface area contributed by atoms with Crippen molar-refractivity contribution in [2.24, 2.45) is 0 Å². The Bertz CT molecular complexity index is 1430. The van der Waals surface area contributed by atoms with Crippen LogP contribution in [0.2, 0.25) is 0 Å². The molecule has 0 fully saturated rings. The van der Waals surface area contributed by atoms with Crippen LogP contribution in [0.4, 0.5) is 4.79 Å². The Morgan fingerprint density at radius 2 is 1.73 bits per heavy atom. The summed E-state index contributed by atoms with van der Waals surface area (Å²) in [5.41, 5.74) is 4.44. The maximum absolute atomic E-state index is 13.9. The average Bonchev–Trinajstić information content (AvgIpc) is 2.90. The van der Waals surface area contributed by atoms with E-state index in [0.29, 0.717) is 29.8 Å². The van der Waals surface area contributed by atoms with Gasteiger partial charge in [0.1, 0.15) is 5.82 Å². The maximum Gasteiger partial charge on any atom is 0.318 e. The molecule has 0 saturated heterocycles. The molecule has 3 aromatic carbocycles. The van der Waals surface area contributed by atoms with Gasteiger partial charge < -0.3 is 10.2 Å². The first kappa shape index (κ1) is 26.1. The summed E-state index contributed by atoms with van der Waals surface area (Å²) in [7, 11) is 0. The van der Waals surface area contributed by atoms with E-state index in [9.17, 15) is 9.59 Å². The van der Waals surface area contributed by atoms with Crippen molar-refractivity contribution in [2.75, 3.05) is 6.54 Å². The molecule has 0 spiro atoms. The van der Waals surface area contributed by atoms with Crippen molar-refractivity contribution in [2.45, 2.75) is 59.5 Å². The van der Waals surface area contributed by atoms with Gasteiger partial charge in [-0.2, -0.15) is 0 Å². The van der Waals surface area contributed by atoms with Crippen LogP contribution in [0.1, 0.15) is 61.7 Å². The van der Waals surface area contributed by atoms with Gasteiger partial charge in [0.25, 0.3) is 5.56 Å². The molecule has 1 N–H and O–H groups in total. The number of benzene rings is 3. The van der Waals surface area contributed by atoms with E-state index in [4.69, 9.17) is 4.98 Å². The molecule has 0 aliphatic rings. The van der Waals surface area contributed by atoms with Crippen molar-refractivity contribution in [1.29, 1.82) is 0 Å². The Kier molecular flexibility index (Phi) is 8.39. The fourth-order valence-corrected chi connectivity index (χ4v) is 4.74. The zero-order valence-corrected chi connectivity index (χ0v) is 22.2. The van der Waals surface area contributed by atoms with E-state index in [-0.39, 0.29) is 11.6 Å². The van der Waals surface area contributed by atoms with Gasteiger partial charge in [-0.05, 0) is 56.5 Å². The van der Waals surface area contributed by atoms with Crippen molar-refractivity contribution in [3.05, 3.63) is 106 Å². The molecule has 0 aliphatic heterocycles. The predicted octanol–water partition coefficient (Wildman–Crippen LogP) is 6.47. The van der Waals surface area contributed by atoms with Crippen LogP contribution in [0.3, 0.4) is 0 Å². The van der Waals surface area contributed by atoms with Crippen molar-refractivity contribution in [3.8, 4) is 5.69 Å². The second kappa shape index (κ2) is 11.9. The smallest absolute Gasteiger partial charge is 0.318 e. The third-order valence-electron chi connectivity index (χ3n) is 6.79. The van der Waals surface area contributed by atoms with Gasteiger partial charge in [-0.3, -0.25) is 9.36 Å². The number of hydrogen-bond acceptors (Lipinski definition) is 3. The number of amides is 2. The molecule has 192 valence electrons. The third-order valence-corrected chi connectivity index (χ3v) is 6.79. The van der Waals surface area contributed by atoms with Crippen LogP contribution in [0.15, 0.2) is 77.6 Å². The quantitative estimate of drug-likeness (QED) is 0.270. The zero-order chi connectivity index (χ0) is 26.4. The lowest BCUT2D eigenvalue weighted by atomic mass is 10.1. The van der Waals surface area contributed by atoms with Crippen LogP contribution in [0, 0.1) is 13.8 Å². The fraction of sp³-hybridized carbons (Fsp3) is 0.323. The number of aromatic nitrogens is 2. The van der Waals surface area contributed by atoms with E-state index in [2.05, 4.69) is 18.3 Å². The van der Waals surface area contributed by atoms with E-state index in [1.807, 2.05) is 92.4 Å². The number of unbranched alkanes of at least 4 members (excludes halogenated alkanes) is 2. The molecule has 1 aromatic heterocycles. The van der Waals surface area contributed by atoms with Crippen LogP contribution in [-0.2, 0) is 6.54 Å². The predicted molar refractivity (Wildman–Crippen MR) is 150 cm³/mol. The summed E-state index contributed by atoms with van der Waals surface area (Å²) in [6, 6.07) is 22.7. The molecule has 0 radical (unpaired) electrons. The van der Waals surface area contributed by atoms with E-state index in [1.165, 1.54) is 0 Å². The molecule has 0 bridgehead atoms. The molecule has 0 aliphatic carbocycles.